The van der Waals surface area contributed by atoms with Crippen LogP contribution < -0.4 is 4.72 Å². The van der Waals surface area contributed by atoms with E-state index in [1.807, 2.05) is 0 Å². The highest BCUT2D eigenvalue weighted by Gasteiger charge is 2.31. The molecule has 1 saturated carbocycles. The van der Waals surface area contributed by atoms with Gasteiger partial charge in [-0.05, 0) is 26.7 Å². The predicted molar refractivity (Wildman–Crippen MR) is 63.2 cm³/mol. The largest absolute Gasteiger partial charge is 0.395 e. The maximum absolute atomic E-state index is 12.0. The van der Waals surface area contributed by atoms with Gasteiger partial charge < -0.3 is 5.11 Å². The summed E-state index contributed by atoms with van der Waals surface area (Å²) in [6.07, 6.45) is 3.95. The van der Waals surface area contributed by atoms with Crippen LogP contribution in [0.25, 0.3) is 0 Å². The fourth-order valence-electron chi connectivity index (χ4n) is 2.16. The number of hydrogen-bond acceptors (Lipinski definition) is 3. The zero-order chi connectivity index (χ0) is 12.2. The molecule has 0 saturated heterocycles. The number of aliphatic hydroxyl groups is 1. The topological polar surface area (TPSA) is 69.6 Å². The van der Waals surface area contributed by atoms with Crippen molar-refractivity contribution in [2.45, 2.75) is 51.6 Å². The molecule has 0 aliphatic heterocycles. The molecule has 5 nitrogen and oxygen atoms in total. The van der Waals surface area contributed by atoms with Gasteiger partial charge >= 0.3 is 0 Å². The van der Waals surface area contributed by atoms with Crippen LogP contribution in [0.1, 0.15) is 39.5 Å². The van der Waals surface area contributed by atoms with Gasteiger partial charge in [-0.2, -0.15) is 17.4 Å². The molecule has 0 spiro atoms. The summed E-state index contributed by atoms with van der Waals surface area (Å²) in [5.74, 6) is 0. The van der Waals surface area contributed by atoms with Gasteiger partial charge in [0.25, 0.3) is 10.2 Å². The standard InChI is InChI=1S/C10H22N2O3S/c1-9(2)11-16(14,15)12(7-8-13)10-5-3-4-6-10/h9-11,13H,3-8H2,1-2H3. The van der Waals surface area contributed by atoms with Crippen molar-refractivity contribution in [1.29, 1.82) is 0 Å². The van der Waals surface area contributed by atoms with Crippen LogP contribution in [-0.2, 0) is 10.2 Å². The van der Waals surface area contributed by atoms with Gasteiger partial charge in [0, 0.05) is 18.6 Å². The van der Waals surface area contributed by atoms with Crippen LogP contribution in [0.3, 0.4) is 0 Å². The molecular weight excluding hydrogens is 228 g/mol. The van der Waals surface area contributed by atoms with Crippen LogP contribution >= 0.6 is 0 Å². The van der Waals surface area contributed by atoms with Gasteiger partial charge in [0.05, 0.1) is 6.61 Å². The van der Waals surface area contributed by atoms with Crippen LogP contribution in [-0.4, -0.2) is 43.1 Å². The van der Waals surface area contributed by atoms with Crippen molar-refractivity contribution in [3.8, 4) is 0 Å². The summed E-state index contributed by atoms with van der Waals surface area (Å²) in [4.78, 5) is 0. The van der Waals surface area contributed by atoms with E-state index in [0.29, 0.717) is 0 Å². The van der Waals surface area contributed by atoms with E-state index in [2.05, 4.69) is 4.72 Å². The van der Waals surface area contributed by atoms with Crippen LogP contribution in [0, 0.1) is 0 Å². The van der Waals surface area contributed by atoms with E-state index in [9.17, 15) is 8.42 Å². The van der Waals surface area contributed by atoms with E-state index in [1.54, 1.807) is 13.8 Å². The lowest BCUT2D eigenvalue weighted by Crippen LogP contribution is -2.48. The molecule has 0 aromatic rings. The molecule has 2 N–H and O–H groups in total. The molecule has 1 rings (SSSR count). The first kappa shape index (κ1) is 13.9. The molecule has 1 aliphatic carbocycles. The molecule has 6 heteroatoms. The second-order valence-corrected chi connectivity index (χ2v) is 6.21. The molecule has 0 aromatic carbocycles. The molecule has 0 radical (unpaired) electrons. The van der Waals surface area contributed by atoms with E-state index >= 15 is 0 Å². The number of rotatable bonds is 6. The third-order valence-electron chi connectivity index (χ3n) is 2.75. The Morgan fingerprint density at radius 3 is 2.38 bits per heavy atom. The third-order valence-corrected chi connectivity index (χ3v) is 4.61. The average molecular weight is 250 g/mol. The lowest BCUT2D eigenvalue weighted by molar-refractivity contribution is 0.224. The van der Waals surface area contributed by atoms with E-state index in [0.717, 1.165) is 25.7 Å². The summed E-state index contributed by atoms with van der Waals surface area (Å²) in [5, 5.41) is 8.96. The number of aliphatic hydroxyl groups excluding tert-OH is 1. The van der Waals surface area contributed by atoms with E-state index < -0.39 is 10.2 Å². The van der Waals surface area contributed by atoms with Crippen LogP contribution in [0.4, 0.5) is 0 Å². The highest BCUT2D eigenvalue weighted by atomic mass is 32.2. The van der Waals surface area contributed by atoms with E-state index in [1.165, 1.54) is 4.31 Å². The van der Waals surface area contributed by atoms with E-state index in [4.69, 9.17) is 5.11 Å². The molecule has 0 heterocycles. The minimum absolute atomic E-state index is 0.0587. The molecular formula is C10H22N2O3S. The van der Waals surface area contributed by atoms with Crippen molar-refractivity contribution in [3.05, 3.63) is 0 Å². The van der Waals surface area contributed by atoms with Crippen molar-refractivity contribution in [3.63, 3.8) is 0 Å². The second kappa shape index (κ2) is 5.95. The Hall–Kier alpha value is -0.170. The van der Waals surface area contributed by atoms with Crippen LogP contribution in [0.5, 0.6) is 0 Å². The highest BCUT2D eigenvalue weighted by Crippen LogP contribution is 2.25. The van der Waals surface area contributed by atoms with Gasteiger partial charge in [-0.3, -0.25) is 0 Å². The first-order valence-corrected chi connectivity index (χ1v) is 7.31. The fourth-order valence-corrected chi connectivity index (χ4v) is 3.81. The summed E-state index contributed by atoms with van der Waals surface area (Å²) in [7, 11) is -3.44. The number of nitrogens with one attached hydrogen (secondary N) is 1. The Balaban J connectivity index is 2.75. The van der Waals surface area contributed by atoms with Gasteiger partial charge in [0.15, 0.2) is 0 Å². The normalized spacial score (nSPS) is 18.8. The molecule has 1 aliphatic rings. The van der Waals surface area contributed by atoms with Crippen molar-refractivity contribution < 1.29 is 13.5 Å². The van der Waals surface area contributed by atoms with Gasteiger partial charge in [0.1, 0.15) is 0 Å². The van der Waals surface area contributed by atoms with Crippen LogP contribution in [0.15, 0.2) is 0 Å². The summed E-state index contributed by atoms with van der Waals surface area (Å²) >= 11 is 0. The summed E-state index contributed by atoms with van der Waals surface area (Å²) in [6.45, 7) is 3.65. The highest BCUT2D eigenvalue weighted by molar-refractivity contribution is 7.87. The second-order valence-electron chi connectivity index (χ2n) is 4.55. The Morgan fingerprint density at radius 2 is 1.94 bits per heavy atom. The zero-order valence-corrected chi connectivity index (χ0v) is 10.8. The first-order valence-electron chi connectivity index (χ1n) is 5.87. The zero-order valence-electron chi connectivity index (χ0n) is 10.0. The van der Waals surface area contributed by atoms with E-state index in [-0.39, 0.29) is 25.2 Å². The van der Waals surface area contributed by atoms with Crippen molar-refractivity contribution in [1.82, 2.24) is 9.03 Å². The average Bonchev–Trinajstić information content (AvgIpc) is 2.64. The quantitative estimate of drug-likeness (QED) is 0.720. The third kappa shape index (κ3) is 3.69. The minimum Gasteiger partial charge on any atom is -0.395 e. The Kier molecular flexibility index (Phi) is 5.17. The first-order chi connectivity index (χ1) is 7.47. The maximum Gasteiger partial charge on any atom is 0.280 e. The molecule has 0 unspecified atom stereocenters. The maximum atomic E-state index is 12.0. The lowest BCUT2D eigenvalue weighted by atomic mass is 10.2. The fraction of sp³-hybridized carbons (Fsp3) is 1.00. The molecule has 0 bridgehead atoms. The Bertz CT molecular complexity index is 297. The monoisotopic (exact) mass is 250 g/mol. The summed E-state index contributed by atoms with van der Waals surface area (Å²) < 4.78 is 28.0. The molecule has 0 amide bonds. The van der Waals surface area contributed by atoms with Gasteiger partial charge in [-0.15, -0.1) is 0 Å². The van der Waals surface area contributed by atoms with Crippen molar-refractivity contribution in [2.75, 3.05) is 13.2 Å². The smallest absolute Gasteiger partial charge is 0.280 e. The molecule has 0 aromatic heterocycles. The molecule has 96 valence electrons. The lowest BCUT2D eigenvalue weighted by Gasteiger charge is -2.28. The van der Waals surface area contributed by atoms with Crippen molar-refractivity contribution in [2.24, 2.45) is 0 Å². The summed E-state index contributed by atoms with van der Waals surface area (Å²) in [6, 6.07) is -0.0593. The predicted octanol–water partition coefficient (Wildman–Crippen LogP) is 0.466. The molecule has 1 fully saturated rings. The Labute approximate surface area is 98.0 Å². The van der Waals surface area contributed by atoms with Gasteiger partial charge in [-0.25, -0.2) is 0 Å². The Morgan fingerprint density at radius 1 is 1.38 bits per heavy atom. The van der Waals surface area contributed by atoms with Crippen LogP contribution in [0.2, 0.25) is 0 Å². The SMILES string of the molecule is CC(C)NS(=O)(=O)N(CCO)C1CCCC1. The number of nitrogens with zero attached hydrogens (tertiary/aromatic N) is 1. The molecule has 0 atom stereocenters. The van der Waals surface area contributed by atoms with Crippen molar-refractivity contribution >= 4 is 10.2 Å². The van der Waals surface area contributed by atoms with Gasteiger partial charge in [-0.1, -0.05) is 12.8 Å². The number of hydrogen-bond donors (Lipinski definition) is 2. The minimum atomic E-state index is -3.44. The summed E-state index contributed by atoms with van der Waals surface area (Å²) in [5.41, 5.74) is 0. The molecule has 16 heavy (non-hydrogen) atoms. The van der Waals surface area contributed by atoms with Gasteiger partial charge in [0.2, 0.25) is 0 Å².